The molecular formula is C73H94N7O4+3. The maximum atomic E-state index is 6.55. The number of hydrogen-bond acceptors (Lipinski definition) is 6. The number of hydrogen-bond donors (Lipinski definition) is 2. The van der Waals surface area contributed by atoms with Crippen molar-refractivity contribution in [1.29, 1.82) is 0 Å². The average molecular weight is 1130 g/mol. The summed E-state index contributed by atoms with van der Waals surface area (Å²) in [5.74, 6) is 3.30. The maximum absolute atomic E-state index is 6.55. The molecule has 2 N–H and O–H groups in total. The van der Waals surface area contributed by atoms with Crippen LogP contribution in [0.3, 0.4) is 0 Å². The van der Waals surface area contributed by atoms with E-state index in [0.717, 1.165) is 171 Å². The van der Waals surface area contributed by atoms with E-state index in [-0.39, 0.29) is 0 Å². The monoisotopic (exact) mass is 1130 g/mol. The fourth-order valence-electron chi connectivity index (χ4n) is 11.2. The zero-order valence-corrected chi connectivity index (χ0v) is 52.2. The standard InChI is InChI=1S/C73H94N7O4/c1-11-12-13-14-15-16-17-18-19-46-81-58-31-20-27-54(50-58)70-62-35-37-64(74-62)71(55-28-21-32-59(51-55)82-47-24-43-78(2,3)4)66-39-41-68(76-66)73(57-30-23-34-61(53-57)84-49-26-45-80(8,9)10)69-42-40-67(77-69)72(65-38-36-63(70)75-65)56-29-22-33-60(52-56)83-48-25-44-79(5,6)7/h20-23,27-42,50-53,74,77H,11-19,24-26,43-49H2,1-10H3/q+3. The summed E-state index contributed by atoms with van der Waals surface area (Å²) >= 11 is 0. The van der Waals surface area contributed by atoms with Crippen molar-refractivity contribution in [3.8, 4) is 67.5 Å². The second kappa shape index (κ2) is 28.4. The number of aromatic nitrogens is 4. The third kappa shape index (κ3) is 17.3. The number of benzene rings is 4. The van der Waals surface area contributed by atoms with Gasteiger partial charge < -0.3 is 42.4 Å². The molecule has 0 unspecified atom stereocenters. The topological polar surface area (TPSA) is 94.3 Å². The van der Waals surface area contributed by atoms with Crippen LogP contribution in [-0.4, -0.2) is 143 Å². The van der Waals surface area contributed by atoms with E-state index in [9.17, 15) is 0 Å². The van der Waals surface area contributed by atoms with Crippen LogP contribution in [0.4, 0.5) is 0 Å². The molecule has 0 saturated heterocycles. The van der Waals surface area contributed by atoms with Gasteiger partial charge in [-0.05, 0) is 126 Å². The van der Waals surface area contributed by atoms with Gasteiger partial charge in [0.25, 0.3) is 0 Å². The zero-order chi connectivity index (χ0) is 59.1. The molecule has 2 aliphatic rings. The molecule has 0 spiro atoms. The van der Waals surface area contributed by atoms with Crippen molar-refractivity contribution in [2.24, 2.45) is 0 Å². The minimum Gasteiger partial charge on any atom is -0.494 e. The number of quaternary nitrogens is 3. The van der Waals surface area contributed by atoms with Crippen molar-refractivity contribution in [3.05, 3.63) is 144 Å². The lowest BCUT2D eigenvalue weighted by atomic mass is 10.0. The lowest BCUT2D eigenvalue weighted by molar-refractivity contribution is -0.870. The van der Waals surface area contributed by atoms with Crippen LogP contribution < -0.4 is 18.9 Å². The van der Waals surface area contributed by atoms with Gasteiger partial charge in [0.15, 0.2) is 0 Å². The highest BCUT2D eigenvalue weighted by molar-refractivity contribution is 6.00. The van der Waals surface area contributed by atoms with Crippen LogP contribution in [0.25, 0.3) is 90.9 Å². The summed E-state index contributed by atoms with van der Waals surface area (Å²) in [6, 6.07) is 42.6. The first-order valence-electron chi connectivity index (χ1n) is 31.0. The Hall–Kier alpha value is -7.44. The van der Waals surface area contributed by atoms with Crippen molar-refractivity contribution < 1.29 is 32.4 Å². The number of nitrogens with zero attached hydrogens (tertiary/aromatic N) is 5. The fraction of sp³-hybridized carbons (Fsp3) is 0.397. The molecule has 0 saturated carbocycles. The van der Waals surface area contributed by atoms with Crippen molar-refractivity contribution in [3.63, 3.8) is 0 Å². The molecule has 0 radical (unpaired) electrons. The van der Waals surface area contributed by atoms with Gasteiger partial charge in [0, 0.05) is 63.6 Å². The summed E-state index contributed by atoms with van der Waals surface area (Å²) in [7, 11) is 20.0. The van der Waals surface area contributed by atoms with Gasteiger partial charge in [0.1, 0.15) is 23.0 Å². The molecular weight excluding hydrogens is 1040 g/mol. The Kier molecular flexibility index (Phi) is 20.7. The van der Waals surface area contributed by atoms with Gasteiger partial charge in [-0.25, -0.2) is 9.97 Å². The molecule has 0 amide bonds. The average Bonchev–Trinajstić information content (AvgIpc) is 2.34. The Morgan fingerprint density at radius 1 is 0.321 bits per heavy atom. The normalized spacial score (nSPS) is 12.5. The molecule has 7 aromatic rings. The number of ether oxygens (including phenoxy) is 4. The summed E-state index contributed by atoms with van der Waals surface area (Å²) < 4.78 is 28.7. The summed E-state index contributed by atoms with van der Waals surface area (Å²) in [4.78, 5) is 19.2. The highest BCUT2D eigenvalue weighted by Gasteiger charge is 2.21. The largest absolute Gasteiger partial charge is 0.494 e. The second-order valence-electron chi connectivity index (χ2n) is 25.9. The molecule has 0 atom stereocenters. The van der Waals surface area contributed by atoms with E-state index in [2.05, 4.69) is 226 Å². The molecule has 3 aromatic heterocycles. The van der Waals surface area contributed by atoms with Crippen LogP contribution in [0.1, 0.15) is 107 Å². The predicted octanol–water partition coefficient (Wildman–Crippen LogP) is 16.7. The lowest BCUT2D eigenvalue weighted by Gasteiger charge is -2.23. The zero-order valence-electron chi connectivity index (χ0n) is 52.2. The van der Waals surface area contributed by atoms with Crippen molar-refractivity contribution in [2.75, 3.05) is 109 Å². The molecule has 442 valence electrons. The highest BCUT2D eigenvalue weighted by Crippen LogP contribution is 2.40. The van der Waals surface area contributed by atoms with Crippen molar-refractivity contribution in [1.82, 2.24) is 19.9 Å². The first-order chi connectivity index (χ1) is 40.5. The quantitative estimate of drug-likeness (QED) is 0.0344. The molecule has 0 fully saturated rings. The van der Waals surface area contributed by atoms with E-state index >= 15 is 0 Å². The summed E-state index contributed by atoms with van der Waals surface area (Å²) in [5, 5.41) is 0. The SMILES string of the molecule is CCCCCCCCCCCOc1cccc(-c2c3nc(c(-c4cccc(OCCC[N+](C)(C)C)c4)c4ccc([nH]4)c(-c4cccc(OCCC[N+](C)(C)C)c4)c4nc(c(-c5cccc(OCCC[N+](C)(C)C)c5)c5ccc2[nH]5)C=C4)C=C3)c1. The fourth-order valence-corrected chi connectivity index (χ4v) is 11.2. The molecule has 11 nitrogen and oxygen atoms in total. The van der Waals surface area contributed by atoms with Gasteiger partial charge >= 0.3 is 0 Å². The Bertz CT molecular complexity index is 3490. The molecule has 5 heterocycles. The van der Waals surface area contributed by atoms with E-state index in [0.29, 0.717) is 26.4 Å². The molecule has 9 rings (SSSR count). The van der Waals surface area contributed by atoms with E-state index in [1.54, 1.807) is 0 Å². The number of fused-ring (bicyclic) bond motifs is 8. The summed E-state index contributed by atoms with van der Waals surface area (Å²) in [6.07, 6.45) is 22.9. The lowest BCUT2D eigenvalue weighted by Crippen LogP contribution is -2.36. The number of unbranched alkanes of at least 4 members (excludes halogenated alkanes) is 8. The smallest absolute Gasteiger partial charge is 0.119 e. The third-order valence-electron chi connectivity index (χ3n) is 15.5. The third-order valence-corrected chi connectivity index (χ3v) is 15.5. The highest BCUT2D eigenvalue weighted by atomic mass is 16.5. The number of nitrogens with one attached hydrogen (secondary N) is 2. The van der Waals surface area contributed by atoms with Crippen LogP contribution in [0, 0.1) is 0 Å². The first kappa shape index (κ1) is 61.1. The van der Waals surface area contributed by atoms with Gasteiger partial charge in [0.05, 0.1) is 132 Å². The Labute approximate surface area is 501 Å². The van der Waals surface area contributed by atoms with Gasteiger partial charge in [-0.3, -0.25) is 0 Å². The van der Waals surface area contributed by atoms with Crippen LogP contribution in [0.15, 0.2) is 121 Å². The molecule has 8 bridgehead atoms. The predicted molar refractivity (Wildman–Crippen MR) is 352 cm³/mol. The molecule has 11 heteroatoms. The Morgan fingerprint density at radius 3 is 0.857 bits per heavy atom. The second-order valence-corrected chi connectivity index (χ2v) is 25.9. The van der Waals surface area contributed by atoms with E-state index < -0.39 is 0 Å². The van der Waals surface area contributed by atoms with Crippen LogP contribution >= 0.6 is 0 Å². The minimum absolute atomic E-state index is 0.623. The van der Waals surface area contributed by atoms with Crippen LogP contribution in [0.2, 0.25) is 0 Å². The number of aromatic amines is 2. The summed E-state index contributed by atoms with van der Waals surface area (Å²) in [6.45, 7) is 7.87. The van der Waals surface area contributed by atoms with Crippen molar-refractivity contribution in [2.45, 2.75) is 84.0 Å². The molecule has 4 aromatic carbocycles. The Balaban J connectivity index is 1.23. The van der Waals surface area contributed by atoms with Gasteiger partial charge in [-0.2, -0.15) is 0 Å². The first-order valence-corrected chi connectivity index (χ1v) is 31.0. The van der Waals surface area contributed by atoms with E-state index in [1.807, 2.05) is 0 Å². The van der Waals surface area contributed by atoms with Gasteiger partial charge in [0.2, 0.25) is 0 Å². The van der Waals surface area contributed by atoms with Crippen LogP contribution in [0.5, 0.6) is 23.0 Å². The molecule has 0 aliphatic carbocycles. The van der Waals surface area contributed by atoms with E-state index in [4.69, 9.17) is 28.9 Å². The number of rotatable bonds is 30. The minimum atomic E-state index is 0.623. The van der Waals surface area contributed by atoms with Crippen LogP contribution in [-0.2, 0) is 0 Å². The molecule has 84 heavy (non-hydrogen) atoms. The Morgan fingerprint density at radius 2 is 0.583 bits per heavy atom. The molecule has 2 aliphatic heterocycles. The number of H-pyrrole nitrogens is 2. The maximum Gasteiger partial charge on any atom is 0.119 e. The van der Waals surface area contributed by atoms with Gasteiger partial charge in [-0.15, -0.1) is 0 Å². The summed E-state index contributed by atoms with van der Waals surface area (Å²) in [5.41, 5.74) is 14.8. The van der Waals surface area contributed by atoms with Gasteiger partial charge in [-0.1, -0.05) is 107 Å². The van der Waals surface area contributed by atoms with E-state index in [1.165, 1.54) is 51.4 Å². The van der Waals surface area contributed by atoms with Crippen molar-refractivity contribution >= 4 is 46.4 Å².